The summed E-state index contributed by atoms with van der Waals surface area (Å²) in [6, 6.07) is 3.96. The molecule has 1 amide bonds. The molecule has 5 nitrogen and oxygen atoms in total. The van der Waals surface area contributed by atoms with Gasteiger partial charge in [0.05, 0.1) is 6.04 Å². The van der Waals surface area contributed by atoms with E-state index in [2.05, 4.69) is 20.0 Å². The first-order valence-electron chi connectivity index (χ1n) is 6.95. The van der Waals surface area contributed by atoms with Gasteiger partial charge in [-0.3, -0.25) is 4.79 Å². The number of nitrogens with one attached hydrogen (secondary N) is 2. The molecule has 8 heteroatoms. The molecule has 1 aromatic heterocycles. The van der Waals surface area contributed by atoms with Crippen LogP contribution in [-0.2, 0) is 11.0 Å². The maximum absolute atomic E-state index is 12.5. The molecule has 1 aliphatic rings. The van der Waals surface area contributed by atoms with Crippen LogP contribution >= 0.6 is 0 Å². The highest BCUT2D eigenvalue weighted by atomic mass is 19.4. The number of piperidine rings is 1. The Morgan fingerprint density at radius 1 is 1.36 bits per heavy atom. The third kappa shape index (κ3) is 3.06. The van der Waals surface area contributed by atoms with Gasteiger partial charge in [0, 0.05) is 5.69 Å². The van der Waals surface area contributed by atoms with Crippen molar-refractivity contribution in [3.63, 3.8) is 0 Å². The lowest BCUT2D eigenvalue weighted by atomic mass is 10.0. The third-order valence-electron chi connectivity index (χ3n) is 3.52. The van der Waals surface area contributed by atoms with Crippen molar-refractivity contribution in [1.29, 1.82) is 0 Å². The van der Waals surface area contributed by atoms with Crippen molar-refractivity contribution in [2.45, 2.75) is 31.5 Å². The van der Waals surface area contributed by atoms with E-state index in [1.807, 2.05) is 0 Å². The van der Waals surface area contributed by atoms with Gasteiger partial charge in [-0.05, 0) is 37.6 Å². The van der Waals surface area contributed by atoms with Crippen molar-refractivity contribution in [3.05, 3.63) is 24.1 Å². The summed E-state index contributed by atoms with van der Waals surface area (Å²) in [7, 11) is 0. The largest absolute Gasteiger partial charge is 0.468 e. The van der Waals surface area contributed by atoms with E-state index in [4.69, 9.17) is 0 Å². The smallest absolute Gasteiger partial charge is 0.433 e. The number of rotatable bonds is 2. The zero-order valence-corrected chi connectivity index (χ0v) is 11.5. The Morgan fingerprint density at radius 2 is 2.18 bits per heavy atom. The fourth-order valence-corrected chi connectivity index (χ4v) is 2.43. The van der Waals surface area contributed by atoms with Crippen LogP contribution in [0.5, 0.6) is 0 Å². The van der Waals surface area contributed by atoms with E-state index in [1.165, 1.54) is 18.2 Å². The van der Waals surface area contributed by atoms with Crippen molar-refractivity contribution < 1.29 is 22.4 Å². The second kappa shape index (κ2) is 5.60. The maximum Gasteiger partial charge on any atom is 0.468 e. The van der Waals surface area contributed by atoms with Gasteiger partial charge in [-0.1, -0.05) is 6.42 Å². The molecule has 22 heavy (non-hydrogen) atoms. The lowest BCUT2D eigenvalue weighted by Gasteiger charge is -2.22. The van der Waals surface area contributed by atoms with Crippen molar-refractivity contribution in [2.24, 2.45) is 0 Å². The highest BCUT2D eigenvalue weighted by Gasteiger charge is 2.37. The Kier molecular flexibility index (Phi) is 3.78. The highest BCUT2D eigenvalue weighted by molar-refractivity contribution is 5.96. The van der Waals surface area contributed by atoms with Crippen LogP contribution in [-0.4, -0.2) is 23.5 Å². The monoisotopic (exact) mass is 313 g/mol. The van der Waals surface area contributed by atoms with E-state index >= 15 is 0 Å². The number of halogens is 3. The van der Waals surface area contributed by atoms with Gasteiger partial charge in [0.1, 0.15) is 5.52 Å². The lowest BCUT2D eigenvalue weighted by Crippen LogP contribution is -2.43. The van der Waals surface area contributed by atoms with Crippen LogP contribution in [0.15, 0.2) is 22.6 Å². The quantitative estimate of drug-likeness (QED) is 0.894. The van der Waals surface area contributed by atoms with Crippen LogP contribution in [0.2, 0.25) is 0 Å². The number of amides is 1. The van der Waals surface area contributed by atoms with Gasteiger partial charge in [-0.25, -0.2) is 4.98 Å². The SMILES string of the molecule is O=C(Nc1ccc2oc(C(F)(F)F)nc2c1)C1CCCCN1. The zero-order chi connectivity index (χ0) is 15.7. The molecule has 0 bridgehead atoms. The van der Waals surface area contributed by atoms with Gasteiger partial charge >= 0.3 is 12.1 Å². The first-order valence-corrected chi connectivity index (χ1v) is 6.95. The van der Waals surface area contributed by atoms with E-state index in [9.17, 15) is 18.0 Å². The Hall–Kier alpha value is -2.09. The second-order valence-corrected chi connectivity index (χ2v) is 5.19. The number of carbonyl (C=O) groups excluding carboxylic acids is 1. The molecular formula is C14H14F3N3O2. The minimum atomic E-state index is -4.63. The molecule has 118 valence electrons. The molecule has 1 atom stereocenters. The van der Waals surface area contributed by atoms with Crippen LogP contribution in [0.4, 0.5) is 18.9 Å². The number of anilines is 1. The molecule has 0 spiro atoms. The second-order valence-electron chi connectivity index (χ2n) is 5.19. The zero-order valence-electron chi connectivity index (χ0n) is 11.5. The highest BCUT2D eigenvalue weighted by Crippen LogP contribution is 2.31. The number of nitrogens with zero attached hydrogens (tertiary/aromatic N) is 1. The normalized spacial score (nSPS) is 19.3. The summed E-state index contributed by atoms with van der Waals surface area (Å²) < 4.78 is 42.3. The minimum Gasteiger partial charge on any atom is -0.433 e. The van der Waals surface area contributed by atoms with Gasteiger partial charge in [0.25, 0.3) is 0 Å². The number of hydrogen-bond donors (Lipinski definition) is 2. The van der Waals surface area contributed by atoms with Crippen molar-refractivity contribution in [2.75, 3.05) is 11.9 Å². The van der Waals surface area contributed by atoms with E-state index in [-0.39, 0.29) is 23.0 Å². The average molecular weight is 313 g/mol. The van der Waals surface area contributed by atoms with Gasteiger partial charge in [0.15, 0.2) is 5.58 Å². The molecule has 0 radical (unpaired) electrons. The van der Waals surface area contributed by atoms with Gasteiger partial charge < -0.3 is 15.1 Å². The first-order chi connectivity index (χ1) is 10.4. The van der Waals surface area contributed by atoms with Gasteiger partial charge in [-0.15, -0.1) is 0 Å². The van der Waals surface area contributed by atoms with Crippen molar-refractivity contribution >= 4 is 22.7 Å². The van der Waals surface area contributed by atoms with Crippen molar-refractivity contribution in [3.8, 4) is 0 Å². The van der Waals surface area contributed by atoms with E-state index in [1.54, 1.807) is 0 Å². The molecule has 1 unspecified atom stereocenters. The van der Waals surface area contributed by atoms with Crippen LogP contribution in [0.25, 0.3) is 11.1 Å². The third-order valence-corrected chi connectivity index (χ3v) is 3.52. The summed E-state index contributed by atoms with van der Waals surface area (Å²) in [6.45, 7) is 0.787. The first kappa shape index (κ1) is 14.8. The molecule has 1 fully saturated rings. The molecular weight excluding hydrogens is 299 g/mol. The Bertz CT molecular complexity index is 690. The summed E-state index contributed by atoms with van der Waals surface area (Å²) >= 11 is 0. The standard InChI is InChI=1S/C14H14F3N3O2/c15-14(16,17)13-20-10-7-8(4-5-11(10)22-13)19-12(21)9-3-1-2-6-18-9/h4-5,7,9,18H,1-3,6H2,(H,19,21). The lowest BCUT2D eigenvalue weighted by molar-refractivity contribution is -0.156. The Labute approximate surface area is 123 Å². The summed E-state index contributed by atoms with van der Waals surface area (Å²) in [5.74, 6) is -1.49. The summed E-state index contributed by atoms with van der Waals surface area (Å²) in [4.78, 5) is 15.5. The molecule has 1 saturated heterocycles. The molecule has 1 aliphatic heterocycles. The molecule has 2 heterocycles. The molecule has 0 saturated carbocycles. The number of fused-ring (bicyclic) bond motifs is 1. The van der Waals surface area contributed by atoms with Gasteiger partial charge in [0.2, 0.25) is 5.91 Å². The van der Waals surface area contributed by atoms with Crippen LogP contribution in [0.1, 0.15) is 25.2 Å². The Morgan fingerprint density at radius 3 is 2.86 bits per heavy atom. The molecule has 0 aliphatic carbocycles. The number of aromatic nitrogens is 1. The number of oxazole rings is 1. The summed E-state index contributed by atoms with van der Waals surface area (Å²) in [5, 5.41) is 5.79. The molecule has 1 aromatic carbocycles. The number of alkyl halides is 3. The Balaban J connectivity index is 1.78. The van der Waals surface area contributed by atoms with Crippen LogP contribution in [0.3, 0.4) is 0 Å². The maximum atomic E-state index is 12.5. The van der Waals surface area contributed by atoms with Gasteiger partial charge in [-0.2, -0.15) is 13.2 Å². The molecule has 2 aromatic rings. The average Bonchev–Trinajstić information content (AvgIpc) is 2.91. The fraction of sp³-hybridized carbons (Fsp3) is 0.429. The molecule has 2 N–H and O–H groups in total. The van der Waals surface area contributed by atoms with Crippen LogP contribution < -0.4 is 10.6 Å². The number of hydrogen-bond acceptors (Lipinski definition) is 4. The summed E-state index contributed by atoms with van der Waals surface area (Å²) in [5.41, 5.74) is 0.481. The van der Waals surface area contributed by atoms with E-state index in [0.717, 1.165) is 25.8 Å². The van der Waals surface area contributed by atoms with Crippen molar-refractivity contribution in [1.82, 2.24) is 10.3 Å². The predicted octanol–water partition coefficient (Wildman–Crippen LogP) is 2.93. The van der Waals surface area contributed by atoms with E-state index in [0.29, 0.717) is 5.69 Å². The fourth-order valence-electron chi connectivity index (χ4n) is 2.43. The number of benzene rings is 1. The summed E-state index contributed by atoms with van der Waals surface area (Å²) in [6.07, 6.45) is -1.87. The topological polar surface area (TPSA) is 67.2 Å². The predicted molar refractivity (Wildman–Crippen MR) is 73.3 cm³/mol. The van der Waals surface area contributed by atoms with E-state index < -0.39 is 12.1 Å². The molecule has 3 rings (SSSR count). The van der Waals surface area contributed by atoms with Crippen LogP contribution in [0, 0.1) is 0 Å². The minimum absolute atomic E-state index is 0.0288. The number of carbonyl (C=O) groups is 1.